The molecule has 0 unspecified atom stereocenters. The number of hydrogen-bond acceptors (Lipinski definition) is 2. The Morgan fingerprint density at radius 1 is 1.42 bits per heavy atom. The maximum atomic E-state index is 14.9. The molecule has 0 bridgehead atoms. The van der Waals surface area contributed by atoms with Gasteiger partial charge < -0.3 is 5.73 Å². The Morgan fingerprint density at radius 3 is 2.58 bits per heavy atom. The summed E-state index contributed by atoms with van der Waals surface area (Å²) in [7, 11) is 0. The highest BCUT2D eigenvalue weighted by Crippen LogP contribution is 2.36. The summed E-state index contributed by atoms with van der Waals surface area (Å²) in [5.74, 6) is 0. The highest BCUT2D eigenvalue weighted by atomic mass is 35.5. The van der Waals surface area contributed by atoms with Crippen LogP contribution < -0.4 is 5.73 Å². The molecule has 2 N–H and O–H groups in total. The minimum Gasteiger partial charge on any atom is -0.328 e. The molecule has 1 aromatic heterocycles. The third-order valence-corrected chi connectivity index (χ3v) is 4.54. The van der Waals surface area contributed by atoms with Gasteiger partial charge in [0.25, 0.3) is 0 Å². The van der Waals surface area contributed by atoms with E-state index in [1.54, 1.807) is 0 Å². The van der Waals surface area contributed by atoms with Crippen LogP contribution >= 0.6 is 11.6 Å². The fraction of sp³-hybridized carbons (Fsp3) is 0.786. The molecule has 0 saturated heterocycles. The summed E-state index contributed by atoms with van der Waals surface area (Å²) in [5, 5.41) is 5.10. The number of alkyl halides is 1. The van der Waals surface area contributed by atoms with Crippen molar-refractivity contribution in [3.05, 3.63) is 16.4 Å². The van der Waals surface area contributed by atoms with Gasteiger partial charge in [-0.3, -0.25) is 4.68 Å². The molecule has 0 aromatic carbocycles. The van der Waals surface area contributed by atoms with E-state index in [0.29, 0.717) is 24.3 Å². The van der Waals surface area contributed by atoms with E-state index in [4.69, 9.17) is 17.3 Å². The van der Waals surface area contributed by atoms with Gasteiger partial charge in [-0.15, -0.1) is 0 Å². The lowest BCUT2D eigenvalue weighted by Crippen LogP contribution is -2.37. The van der Waals surface area contributed by atoms with Crippen molar-refractivity contribution in [1.82, 2.24) is 9.78 Å². The molecule has 0 amide bonds. The predicted molar refractivity (Wildman–Crippen MR) is 76.3 cm³/mol. The van der Waals surface area contributed by atoms with E-state index in [1.165, 1.54) is 0 Å². The van der Waals surface area contributed by atoms with Crippen molar-refractivity contribution in [2.75, 3.05) is 0 Å². The predicted octanol–water partition coefficient (Wildman–Crippen LogP) is 3.27. The quantitative estimate of drug-likeness (QED) is 0.924. The first kappa shape index (κ1) is 14.8. The van der Waals surface area contributed by atoms with Crippen LogP contribution in [0.25, 0.3) is 0 Å². The summed E-state index contributed by atoms with van der Waals surface area (Å²) in [6.45, 7) is 4.75. The molecule has 3 nitrogen and oxygen atoms in total. The zero-order valence-corrected chi connectivity index (χ0v) is 12.5. The number of nitrogens with two attached hydrogens (primary N) is 1. The van der Waals surface area contributed by atoms with Crippen molar-refractivity contribution in [1.29, 1.82) is 0 Å². The lowest BCUT2D eigenvalue weighted by Gasteiger charge is -2.32. The van der Waals surface area contributed by atoms with E-state index < -0.39 is 5.67 Å². The first-order valence-corrected chi connectivity index (χ1v) is 7.55. The fourth-order valence-electron chi connectivity index (χ4n) is 2.82. The van der Waals surface area contributed by atoms with Crippen molar-refractivity contribution >= 4 is 11.6 Å². The molecule has 0 atom stereocenters. The number of halogens is 2. The Hall–Kier alpha value is -0.610. The van der Waals surface area contributed by atoms with Crippen molar-refractivity contribution in [3.63, 3.8) is 0 Å². The fourth-order valence-corrected chi connectivity index (χ4v) is 3.16. The van der Waals surface area contributed by atoms with E-state index in [1.807, 2.05) is 18.5 Å². The molecule has 0 radical (unpaired) electrons. The van der Waals surface area contributed by atoms with Crippen LogP contribution in [0.5, 0.6) is 0 Å². The second-order valence-electron chi connectivity index (χ2n) is 5.54. The molecule has 1 fully saturated rings. The highest BCUT2D eigenvalue weighted by Gasteiger charge is 2.36. The smallest absolute Gasteiger partial charge is 0.116 e. The number of rotatable bonds is 4. The van der Waals surface area contributed by atoms with E-state index in [-0.39, 0.29) is 6.04 Å². The normalized spacial score (nSPS) is 27.7. The zero-order valence-electron chi connectivity index (χ0n) is 11.8. The van der Waals surface area contributed by atoms with Crippen LogP contribution in [0.15, 0.2) is 0 Å². The van der Waals surface area contributed by atoms with Crippen molar-refractivity contribution < 1.29 is 4.39 Å². The molecule has 2 rings (SSSR count). The van der Waals surface area contributed by atoms with E-state index in [0.717, 1.165) is 37.2 Å². The molecule has 0 spiro atoms. The van der Waals surface area contributed by atoms with Gasteiger partial charge in [0.05, 0.1) is 16.4 Å². The molecule has 108 valence electrons. The minimum absolute atomic E-state index is 0.154. The summed E-state index contributed by atoms with van der Waals surface area (Å²) in [5.41, 5.74) is 6.40. The largest absolute Gasteiger partial charge is 0.328 e. The number of nitrogens with zero attached hydrogens (tertiary/aromatic N) is 2. The highest BCUT2D eigenvalue weighted by molar-refractivity contribution is 6.31. The monoisotopic (exact) mass is 287 g/mol. The van der Waals surface area contributed by atoms with E-state index >= 15 is 0 Å². The van der Waals surface area contributed by atoms with Crippen LogP contribution in [-0.4, -0.2) is 21.5 Å². The summed E-state index contributed by atoms with van der Waals surface area (Å²) < 4.78 is 16.7. The van der Waals surface area contributed by atoms with Crippen LogP contribution in [0.4, 0.5) is 4.39 Å². The average molecular weight is 288 g/mol. The SMILES string of the molecule is CCc1nn(CC)c(CC2(F)CCC(N)CC2)c1Cl. The van der Waals surface area contributed by atoms with Gasteiger partial charge in [0.2, 0.25) is 0 Å². The third kappa shape index (κ3) is 3.11. The Bertz CT molecular complexity index is 436. The van der Waals surface area contributed by atoms with Crippen LogP contribution in [0.1, 0.15) is 50.9 Å². The lowest BCUT2D eigenvalue weighted by molar-refractivity contribution is 0.0970. The lowest BCUT2D eigenvalue weighted by atomic mass is 9.81. The van der Waals surface area contributed by atoms with Crippen molar-refractivity contribution in [2.45, 2.75) is 70.6 Å². The molecule has 1 heterocycles. The van der Waals surface area contributed by atoms with Gasteiger partial charge in [-0.05, 0) is 39.0 Å². The minimum atomic E-state index is -1.17. The average Bonchev–Trinajstić information content (AvgIpc) is 2.70. The van der Waals surface area contributed by atoms with Gasteiger partial charge in [0, 0.05) is 19.0 Å². The molecule has 1 aromatic rings. The number of aromatic nitrogens is 2. The summed E-state index contributed by atoms with van der Waals surface area (Å²) in [6, 6.07) is 0.154. The van der Waals surface area contributed by atoms with Gasteiger partial charge in [0.1, 0.15) is 5.67 Å². The molecule has 19 heavy (non-hydrogen) atoms. The standard InChI is InChI=1S/C14H23ClFN3/c1-3-11-13(15)12(19(4-2)18-11)9-14(16)7-5-10(17)6-8-14/h10H,3-9,17H2,1-2H3. The second-order valence-corrected chi connectivity index (χ2v) is 5.92. The summed E-state index contributed by atoms with van der Waals surface area (Å²) in [4.78, 5) is 0. The van der Waals surface area contributed by atoms with Gasteiger partial charge in [-0.1, -0.05) is 18.5 Å². The molecule has 1 aliphatic rings. The van der Waals surface area contributed by atoms with Crippen molar-refractivity contribution in [2.24, 2.45) is 5.73 Å². The molecular weight excluding hydrogens is 265 g/mol. The molecule has 0 aliphatic heterocycles. The summed E-state index contributed by atoms with van der Waals surface area (Å²) >= 11 is 6.34. The first-order chi connectivity index (χ1) is 8.99. The Kier molecular flexibility index (Phi) is 4.51. The Balaban J connectivity index is 2.20. The van der Waals surface area contributed by atoms with E-state index in [9.17, 15) is 4.39 Å². The van der Waals surface area contributed by atoms with Crippen molar-refractivity contribution in [3.8, 4) is 0 Å². The van der Waals surface area contributed by atoms with Gasteiger partial charge in [0.15, 0.2) is 0 Å². The van der Waals surface area contributed by atoms with Crippen LogP contribution in [0.2, 0.25) is 5.02 Å². The first-order valence-electron chi connectivity index (χ1n) is 7.17. The Morgan fingerprint density at radius 2 is 2.05 bits per heavy atom. The van der Waals surface area contributed by atoms with Crippen LogP contribution in [0.3, 0.4) is 0 Å². The maximum Gasteiger partial charge on any atom is 0.116 e. The molecule has 5 heteroatoms. The van der Waals surface area contributed by atoms with Gasteiger partial charge >= 0.3 is 0 Å². The zero-order chi connectivity index (χ0) is 14.0. The third-order valence-electron chi connectivity index (χ3n) is 4.10. The second kappa shape index (κ2) is 5.80. The summed E-state index contributed by atoms with van der Waals surface area (Å²) in [6.07, 6.45) is 3.72. The number of hydrogen-bond donors (Lipinski definition) is 1. The Labute approximate surface area is 119 Å². The molecule has 1 aliphatic carbocycles. The topological polar surface area (TPSA) is 43.8 Å². The molecule has 1 saturated carbocycles. The van der Waals surface area contributed by atoms with Gasteiger partial charge in [-0.2, -0.15) is 5.10 Å². The van der Waals surface area contributed by atoms with Crippen LogP contribution in [-0.2, 0) is 19.4 Å². The molecular formula is C14H23ClFN3. The van der Waals surface area contributed by atoms with Gasteiger partial charge in [-0.25, -0.2) is 4.39 Å². The number of aryl methyl sites for hydroxylation is 2. The van der Waals surface area contributed by atoms with E-state index in [2.05, 4.69) is 5.10 Å². The maximum absolute atomic E-state index is 14.9. The van der Waals surface area contributed by atoms with Crippen LogP contribution in [0, 0.1) is 0 Å².